The van der Waals surface area contributed by atoms with E-state index in [1.807, 2.05) is 0 Å². The molecule has 0 aliphatic carbocycles. The highest BCUT2D eigenvalue weighted by molar-refractivity contribution is 5.88. The van der Waals surface area contributed by atoms with E-state index in [2.05, 4.69) is 0 Å². The molecule has 3 heterocycles. The lowest BCUT2D eigenvalue weighted by atomic mass is 9.98. The molecule has 6 N–H and O–H groups in total. The Kier molecular flexibility index (Phi) is 10.4. The van der Waals surface area contributed by atoms with Crippen LogP contribution in [0.25, 0.3) is 22.3 Å². The van der Waals surface area contributed by atoms with Crippen molar-refractivity contribution in [2.75, 3.05) is 35.0 Å². The summed E-state index contributed by atoms with van der Waals surface area (Å²) in [6.45, 7) is 0.923. The molecule has 0 saturated carbocycles. The molecule has 0 amide bonds. The Hall–Kier alpha value is -3.71. The van der Waals surface area contributed by atoms with E-state index in [0.717, 1.165) is 0 Å². The molecule has 1 aromatic heterocycles. The molecule has 2 saturated heterocycles. The SMILES string of the molecule is COc1cc(OC)c2c(=O)c(O[C@H]3O[C@@H](CO[C@H]4O[C@H](C)[C@@H](O)[C@@H](O)[C@H]4O)[C@H](O)[C@@H](O)[C@@H]3O)c(-c3ccc(OC)c(OC)c3)oc2c1. The van der Waals surface area contributed by atoms with Crippen LogP contribution in [0, 0.1) is 0 Å². The number of hydrogen-bond acceptors (Lipinski definition) is 16. The summed E-state index contributed by atoms with van der Waals surface area (Å²) in [5.41, 5.74) is -0.370. The lowest BCUT2D eigenvalue weighted by Crippen LogP contribution is -2.61. The summed E-state index contributed by atoms with van der Waals surface area (Å²) >= 11 is 0. The first-order valence-electron chi connectivity index (χ1n) is 14.6. The quantitative estimate of drug-likeness (QED) is 0.161. The van der Waals surface area contributed by atoms with E-state index >= 15 is 0 Å². The Balaban J connectivity index is 1.53. The number of rotatable bonds is 10. The van der Waals surface area contributed by atoms with Crippen molar-refractivity contribution in [2.45, 2.75) is 68.3 Å². The van der Waals surface area contributed by atoms with Crippen molar-refractivity contribution in [3.63, 3.8) is 0 Å². The Labute approximate surface area is 268 Å². The molecule has 3 aromatic rings. The van der Waals surface area contributed by atoms with Crippen LogP contribution in [0.5, 0.6) is 28.7 Å². The highest BCUT2D eigenvalue weighted by Crippen LogP contribution is 2.40. The molecular formula is C31H38O16. The van der Waals surface area contributed by atoms with Crippen LogP contribution in [-0.2, 0) is 14.2 Å². The summed E-state index contributed by atoms with van der Waals surface area (Å²) in [7, 11) is 5.66. The monoisotopic (exact) mass is 666 g/mol. The second-order valence-corrected chi connectivity index (χ2v) is 11.0. The van der Waals surface area contributed by atoms with Gasteiger partial charge in [0.15, 0.2) is 23.5 Å². The van der Waals surface area contributed by atoms with Gasteiger partial charge in [0.1, 0.15) is 65.2 Å². The second kappa shape index (κ2) is 14.2. The summed E-state index contributed by atoms with van der Waals surface area (Å²) in [6.07, 6.45) is -15.5. The van der Waals surface area contributed by atoms with Crippen LogP contribution < -0.4 is 29.1 Å². The van der Waals surface area contributed by atoms with Gasteiger partial charge in [0.05, 0.1) is 41.2 Å². The van der Waals surface area contributed by atoms with Gasteiger partial charge in [-0.3, -0.25) is 4.79 Å². The molecule has 0 bridgehead atoms. The lowest BCUT2D eigenvalue weighted by Gasteiger charge is -2.42. The third-order valence-corrected chi connectivity index (χ3v) is 8.13. The van der Waals surface area contributed by atoms with Crippen LogP contribution in [0.3, 0.4) is 0 Å². The fraction of sp³-hybridized carbons (Fsp3) is 0.516. The van der Waals surface area contributed by atoms with Crippen molar-refractivity contribution in [3.8, 4) is 40.1 Å². The van der Waals surface area contributed by atoms with E-state index in [9.17, 15) is 35.4 Å². The number of fused-ring (bicyclic) bond motifs is 1. The first-order valence-corrected chi connectivity index (χ1v) is 14.6. The van der Waals surface area contributed by atoms with Gasteiger partial charge in [0.25, 0.3) is 0 Å². The van der Waals surface area contributed by atoms with Crippen molar-refractivity contribution < 1.29 is 73.0 Å². The third kappa shape index (κ3) is 6.56. The van der Waals surface area contributed by atoms with Gasteiger partial charge in [-0.2, -0.15) is 0 Å². The van der Waals surface area contributed by atoms with Crippen LogP contribution in [0.1, 0.15) is 6.92 Å². The smallest absolute Gasteiger partial charge is 0.239 e. The van der Waals surface area contributed by atoms with Gasteiger partial charge in [-0.05, 0) is 25.1 Å². The van der Waals surface area contributed by atoms with Gasteiger partial charge in [-0.15, -0.1) is 0 Å². The van der Waals surface area contributed by atoms with Gasteiger partial charge < -0.3 is 73.0 Å². The van der Waals surface area contributed by atoms with E-state index in [4.69, 9.17) is 42.3 Å². The summed E-state index contributed by atoms with van der Waals surface area (Å²) in [4.78, 5) is 14.1. The molecule has 2 aliphatic heterocycles. The molecule has 0 radical (unpaired) electrons. The van der Waals surface area contributed by atoms with Gasteiger partial charge >= 0.3 is 0 Å². The minimum Gasteiger partial charge on any atom is -0.496 e. The summed E-state index contributed by atoms with van der Waals surface area (Å²) in [5, 5.41) is 62.6. The molecule has 0 unspecified atom stereocenters. The van der Waals surface area contributed by atoms with Crippen LogP contribution >= 0.6 is 0 Å². The van der Waals surface area contributed by atoms with Gasteiger partial charge in [0.2, 0.25) is 17.5 Å². The standard InChI is InChI=1S/C31H38O16/c1-12-21(32)24(35)26(37)30(44-12)43-11-19-22(33)25(36)27(38)31(46-19)47-29-23(34)20-17(42-5)9-14(39-2)10-18(20)45-28(29)13-6-7-15(40-3)16(8-13)41-4/h6-10,12,19,21-22,24-27,30-33,35-38H,11H2,1-5H3/t12-,19+,21-,22+,24-,25-,26-,27+,30+,31-/m1/s1. The highest BCUT2D eigenvalue weighted by Gasteiger charge is 2.48. The van der Waals surface area contributed by atoms with E-state index in [1.54, 1.807) is 12.1 Å². The lowest BCUT2D eigenvalue weighted by molar-refractivity contribution is -0.318. The molecule has 5 rings (SSSR count). The van der Waals surface area contributed by atoms with Crippen LogP contribution in [0.4, 0.5) is 0 Å². The average Bonchev–Trinajstić information content (AvgIpc) is 3.08. The molecular weight excluding hydrogens is 628 g/mol. The maximum absolute atomic E-state index is 14.1. The van der Waals surface area contributed by atoms with Crippen LogP contribution in [0.2, 0.25) is 0 Å². The predicted molar refractivity (Wildman–Crippen MR) is 160 cm³/mol. The maximum atomic E-state index is 14.1. The van der Waals surface area contributed by atoms with Crippen LogP contribution in [0.15, 0.2) is 39.5 Å². The van der Waals surface area contributed by atoms with Crippen LogP contribution in [-0.4, -0.2) is 127 Å². The third-order valence-electron chi connectivity index (χ3n) is 8.13. The molecule has 16 heteroatoms. The normalized spacial score (nSPS) is 31.0. The number of hydrogen-bond donors (Lipinski definition) is 6. The number of aliphatic hydroxyl groups is 6. The fourth-order valence-electron chi connectivity index (χ4n) is 5.40. The zero-order chi connectivity index (χ0) is 34.2. The number of methoxy groups -OCH3 is 4. The van der Waals surface area contributed by atoms with Crippen molar-refractivity contribution >= 4 is 11.0 Å². The largest absolute Gasteiger partial charge is 0.496 e. The average molecular weight is 667 g/mol. The maximum Gasteiger partial charge on any atom is 0.239 e. The molecule has 258 valence electrons. The first kappa shape index (κ1) is 34.6. The van der Waals surface area contributed by atoms with E-state index in [1.165, 1.54) is 53.6 Å². The first-order chi connectivity index (χ1) is 22.4. The minimum absolute atomic E-state index is 0.0309. The molecule has 16 nitrogen and oxygen atoms in total. The van der Waals surface area contributed by atoms with E-state index in [-0.39, 0.29) is 22.5 Å². The molecule has 2 aliphatic rings. The van der Waals surface area contributed by atoms with Crippen molar-refractivity contribution in [2.24, 2.45) is 0 Å². The topological polar surface area (TPSA) is 225 Å². The summed E-state index contributed by atoms with van der Waals surface area (Å²) in [6, 6.07) is 7.63. The number of ether oxygens (including phenoxy) is 8. The fourth-order valence-corrected chi connectivity index (χ4v) is 5.40. The summed E-state index contributed by atoms with van der Waals surface area (Å²) in [5.74, 6) is 0.543. The highest BCUT2D eigenvalue weighted by atomic mass is 16.7. The minimum atomic E-state index is -1.87. The van der Waals surface area contributed by atoms with Crippen molar-refractivity contribution in [3.05, 3.63) is 40.6 Å². The van der Waals surface area contributed by atoms with E-state index in [0.29, 0.717) is 22.8 Å². The van der Waals surface area contributed by atoms with Gasteiger partial charge in [-0.25, -0.2) is 0 Å². The van der Waals surface area contributed by atoms with E-state index < -0.39 is 79.2 Å². The van der Waals surface area contributed by atoms with Gasteiger partial charge in [-0.1, -0.05) is 0 Å². The second-order valence-electron chi connectivity index (χ2n) is 11.0. The zero-order valence-electron chi connectivity index (χ0n) is 26.1. The molecule has 47 heavy (non-hydrogen) atoms. The Morgan fingerprint density at radius 2 is 1.36 bits per heavy atom. The summed E-state index contributed by atoms with van der Waals surface area (Å²) < 4.78 is 50.4. The van der Waals surface area contributed by atoms with Gasteiger partial charge in [0, 0.05) is 17.7 Å². The zero-order valence-corrected chi connectivity index (χ0v) is 26.1. The Bertz CT molecular complexity index is 1610. The molecule has 0 spiro atoms. The molecule has 2 aromatic carbocycles. The van der Waals surface area contributed by atoms with Crippen molar-refractivity contribution in [1.82, 2.24) is 0 Å². The molecule has 10 atom stereocenters. The predicted octanol–water partition coefficient (Wildman–Crippen LogP) is -0.475. The Morgan fingerprint density at radius 1 is 0.702 bits per heavy atom. The Morgan fingerprint density at radius 3 is 2.02 bits per heavy atom. The molecule has 2 fully saturated rings. The van der Waals surface area contributed by atoms with Crippen molar-refractivity contribution in [1.29, 1.82) is 0 Å². The number of benzene rings is 2. The number of aliphatic hydroxyl groups excluding tert-OH is 6.